The van der Waals surface area contributed by atoms with E-state index in [1.807, 2.05) is 12.1 Å². The van der Waals surface area contributed by atoms with Gasteiger partial charge in [0, 0.05) is 56.4 Å². The number of hydrogen-bond donors (Lipinski definition) is 0. The molecule has 0 spiro atoms. The zero-order chi connectivity index (χ0) is 17.9. The Balaban J connectivity index is 0.00000243. The van der Waals surface area contributed by atoms with Gasteiger partial charge in [-0.25, -0.2) is 4.58 Å². The van der Waals surface area contributed by atoms with Crippen LogP contribution in [0.2, 0.25) is 0 Å². The molecule has 0 amide bonds. The van der Waals surface area contributed by atoms with Crippen molar-refractivity contribution in [3.05, 3.63) is 51.7 Å². The van der Waals surface area contributed by atoms with E-state index in [1.54, 1.807) is 12.1 Å². The molecule has 1 aromatic carbocycles. The van der Waals surface area contributed by atoms with Gasteiger partial charge in [0.1, 0.15) is 0 Å². The predicted molar refractivity (Wildman–Crippen MR) is 99.9 cm³/mol. The lowest BCUT2D eigenvalue weighted by Crippen LogP contribution is -3.00. The van der Waals surface area contributed by atoms with Crippen molar-refractivity contribution in [1.29, 1.82) is 0 Å². The molecule has 0 unspecified atom stereocenters. The van der Waals surface area contributed by atoms with Crippen molar-refractivity contribution in [2.75, 3.05) is 13.1 Å². The first-order chi connectivity index (χ1) is 12.0. The third kappa shape index (κ3) is 4.93. The Morgan fingerprint density at radius 1 is 1.12 bits per heavy atom. The van der Waals surface area contributed by atoms with E-state index < -0.39 is 0 Å². The number of halogens is 1. The molecule has 26 heavy (non-hydrogen) atoms. The number of rotatable bonds is 4. The molecule has 0 radical (unpaired) electrons. The second kappa shape index (κ2) is 8.80. The van der Waals surface area contributed by atoms with Crippen LogP contribution in [-0.2, 0) is 6.54 Å². The number of likely N-dealkylation sites (tertiary alicyclic amines) is 1. The maximum atomic E-state index is 10.8. The van der Waals surface area contributed by atoms with Crippen molar-refractivity contribution >= 4 is 11.9 Å². The Hall–Kier alpha value is -1.69. The molecule has 5 nitrogen and oxygen atoms in total. The molecule has 2 heterocycles. The summed E-state index contributed by atoms with van der Waals surface area (Å²) in [6, 6.07) is 6.89. The fraction of sp³-hybridized carbons (Fsp3) is 0.550. The summed E-state index contributed by atoms with van der Waals surface area (Å²) >= 11 is 0. The van der Waals surface area contributed by atoms with E-state index in [0.717, 1.165) is 18.5 Å². The van der Waals surface area contributed by atoms with Gasteiger partial charge in [-0.15, -0.1) is 0 Å². The highest BCUT2D eigenvalue weighted by molar-refractivity contribution is 5.68. The van der Waals surface area contributed by atoms with Gasteiger partial charge < -0.3 is 21.9 Å². The second-order valence-electron chi connectivity index (χ2n) is 7.75. The van der Waals surface area contributed by atoms with E-state index in [9.17, 15) is 10.1 Å². The van der Waals surface area contributed by atoms with Crippen LogP contribution in [0.1, 0.15) is 51.5 Å². The lowest BCUT2D eigenvalue weighted by Gasteiger charge is -2.33. The molecule has 0 N–H and O–H groups in total. The Morgan fingerprint density at radius 2 is 1.73 bits per heavy atom. The highest BCUT2D eigenvalue weighted by Gasteiger charge is 2.35. The van der Waals surface area contributed by atoms with E-state index in [0.29, 0.717) is 0 Å². The van der Waals surface area contributed by atoms with Crippen LogP contribution in [-0.4, -0.2) is 39.2 Å². The maximum Gasteiger partial charge on any atom is 0.269 e. The Labute approximate surface area is 166 Å². The third-order valence-corrected chi connectivity index (χ3v) is 5.35. The van der Waals surface area contributed by atoms with Gasteiger partial charge in [-0.3, -0.25) is 10.1 Å². The Bertz CT molecular complexity index is 688. The Morgan fingerprint density at radius 3 is 2.27 bits per heavy atom. The first-order valence-corrected chi connectivity index (χ1v) is 9.25. The third-order valence-electron chi connectivity index (χ3n) is 5.35. The first kappa shape index (κ1) is 20.6. The summed E-state index contributed by atoms with van der Waals surface area (Å²) in [6.07, 6.45) is 10.8. The van der Waals surface area contributed by atoms with Crippen LogP contribution in [0.15, 0.2) is 36.0 Å². The van der Waals surface area contributed by atoms with Gasteiger partial charge in [0.25, 0.3) is 5.69 Å². The number of allylic oxidation sites excluding steroid dienone is 1. The van der Waals surface area contributed by atoms with Crippen LogP contribution < -0.4 is 17.0 Å². The molecule has 2 aliphatic heterocycles. The minimum atomic E-state index is -0.350. The van der Waals surface area contributed by atoms with E-state index >= 15 is 0 Å². The lowest BCUT2D eigenvalue weighted by atomic mass is 9.93. The molecular formula is C20H28BrN3O2. The molecule has 1 fully saturated rings. The van der Waals surface area contributed by atoms with Gasteiger partial charge in [-0.1, -0.05) is 12.8 Å². The van der Waals surface area contributed by atoms with Crippen LogP contribution in [0.3, 0.4) is 0 Å². The fourth-order valence-electron chi connectivity index (χ4n) is 3.74. The summed E-state index contributed by atoms with van der Waals surface area (Å²) in [7, 11) is 0. The largest absolute Gasteiger partial charge is 1.00 e. The summed E-state index contributed by atoms with van der Waals surface area (Å²) in [4.78, 5) is 13.0. The highest BCUT2D eigenvalue weighted by atomic mass is 79.9. The topological polar surface area (TPSA) is 49.4 Å². The minimum absolute atomic E-state index is 0. The summed E-state index contributed by atoms with van der Waals surface area (Å²) in [5.74, 6) is 0. The summed E-state index contributed by atoms with van der Waals surface area (Å²) in [5.41, 5.74) is 2.74. The molecule has 0 saturated carbocycles. The Kier molecular flexibility index (Phi) is 6.98. The van der Waals surface area contributed by atoms with Gasteiger partial charge in [-0.2, -0.15) is 0 Å². The SMILES string of the molecule is CC1(C)CC(N2CCCCCC2)=CC=[N+]1Cc1ccc([N+](=O)[O-])cc1.[Br-]. The number of nitrogens with zero attached hydrogens (tertiary/aromatic N) is 3. The predicted octanol–water partition coefficient (Wildman–Crippen LogP) is 1.12. The van der Waals surface area contributed by atoms with Gasteiger partial charge in [0.05, 0.1) is 11.3 Å². The number of hydrogen-bond acceptors (Lipinski definition) is 3. The molecule has 1 aromatic rings. The molecule has 142 valence electrons. The zero-order valence-electron chi connectivity index (χ0n) is 15.7. The second-order valence-corrected chi connectivity index (χ2v) is 7.75. The number of nitro benzene ring substituents is 1. The molecular weight excluding hydrogens is 394 g/mol. The molecule has 0 aromatic heterocycles. The minimum Gasteiger partial charge on any atom is -1.00 e. The van der Waals surface area contributed by atoms with Crippen molar-refractivity contribution in [2.45, 2.75) is 58.0 Å². The average molecular weight is 422 g/mol. The van der Waals surface area contributed by atoms with E-state index in [-0.39, 0.29) is 33.1 Å². The molecule has 3 rings (SSSR count). The van der Waals surface area contributed by atoms with Gasteiger partial charge >= 0.3 is 0 Å². The van der Waals surface area contributed by atoms with Crippen LogP contribution >= 0.6 is 0 Å². The normalized spacial score (nSPS) is 19.7. The van der Waals surface area contributed by atoms with Gasteiger partial charge in [0.15, 0.2) is 18.3 Å². The zero-order valence-corrected chi connectivity index (χ0v) is 17.2. The van der Waals surface area contributed by atoms with Crippen molar-refractivity contribution in [2.24, 2.45) is 0 Å². The molecule has 6 heteroatoms. The summed E-state index contributed by atoms with van der Waals surface area (Å²) in [6.45, 7) is 7.68. The summed E-state index contributed by atoms with van der Waals surface area (Å²) in [5, 5.41) is 10.8. The smallest absolute Gasteiger partial charge is 0.269 e. The first-order valence-electron chi connectivity index (χ1n) is 9.25. The molecule has 0 bridgehead atoms. The van der Waals surface area contributed by atoms with Crippen LogP contribution in [0.4, 0.5) is 5.69 Å². The number of nitro groups is 1. The lowest BCUT2D eigenvalue weighted by molar-refractivity contribution is -0.612. The van der Waals surface area contributed by atoms with Crippen molar-refractivity contribution < 1.29 is 26.5 Å². The molecule has 0 aliphatic carbocycles. The summed E-state index contributed by atoms with van der Waals surface area (Å²) < 4.78 is 2.34. The maximum absolute atomic E-state index is 10.8. The van der Waals surface area contributed by atoms with Gasteiger partial charge in [-0.05, 0) is 25.0 Å². The molecule has 0 atom stereocenters. The quantitative estimate of drug-likeness (QED) is 0.415. The van der Waals surface area contributed by atoms with E-state index in [2.05, 4.69) is 35.6 Å². The highest BCUT2D eigenvalue weighted by Crippen LogP contribution is 2.28. The van der Waals surface area contributed by atoms with E-state index in [1.165, 1.54) is 44.5 Å². The molecule has 2 aliphatic rings. The van der Waals surface area contributed by atoms with Gasteiger partial charge in [0.2, 0.25) is 0 Å². The fourth-order valence-corrected chi connectivity index (χ4v) is 3.74. The standard InChI is InChI=1S/C20H28N3O2.BrH/c1-20(2)15-19(21-12-5-3-4-6-13-21)11-14-22(20)16-17-7-9-18(10-8-17)23(24)25;/h7-11,14H,3-6,12-13,15-16H2,1-2H3;1H/q+1;/p-1. The van der Waals surface area contributed by atoms with Crippen LogP contribution in [0.25, 0.3) is 0 Å². The van der Waals surface area contributed by atoms with Crippen molar-refractivity contribution in [3.8, 4) is 0 Å². The average Bonchev–Trinajstić information content (AvgIpc) is 2.86. The van der Waals surface area contributed by atoms with Crippen molar-refractivity contribution in [1.82, 2.24) is 4.90 Å². The van der Waals surface area contributed by atoms with Crippen molar-refractivity contribution in [3.63, 3.8) is 0 Å². The van der Waals surface area contributed by atoms with Crippen LogP contribution in [0, 0.1) is 10.1 Å². The van der Waals surface area contributed by atoms with E-state index in [4.69, 9.17) is 0 Å². The monoisotopic (exact) mass is 421 g/mol. The number of benzene rings is 1. The molecule has 1 saturated heterocycles. The number of non-ortho nitro benzene ring substituents is 1. The van der Waals surface area contributed by atoms with Crippen LogP contribution in [0.5, 0.6) is 0 Å².